The molecule has 0 fully saturated rings. The van der Waals surface area contributed by atoms with Gasteiger partial charge in [0.1, 0.15) is 0 Å². The Balaban J connectivity index is 5.87. The summed E-state index contributed by atoms with van der Waals surface area (Å²) in [5.74, 6) is -1.51. The number of hydrogen-bond donors (Lipinski definition) is 5. The van der Waals surface area contributed by atoms with Crippen LogP contribution in [0.15, 0.2) is 0 Å². The van der Waals surface area contributed by atoms with Gasteiger partial charge in [-0.2, -0.15) is 0 Å². The Morgan fingerprint density at radius 1 is 1.05 bits per heavy atom. The van der Waals surface area contributed by atoms with E-state index < -0.39 is 37.2 Å². The molecule has 0 spiro atoms. The van der Waals surface area contributed by atoms with E-state index in [-0.39, 0.29) is 19.3 Å². The number of esters is 1. The van der Waals surface area contributed by atoms with Crippen molar-refractivity contribution in [3.05, 3.63) is 0 Å². The molecule has 5 N–H and O–H groups in total. The fourth-order valence-corrected chi connectivity index (χ4v) is 3.36. The normalized spacial score (nSPS) is 19.8. The number of hydrogen-bond acceptors (Lipinski definition) is 6. The number of ether oxygens (including phenoxy) is 1. The molecule has 0 bridgehead atoms. The van der Waals surface area contributed by atoms with E-state index >= 15 is 0 Å². The van der Waals surface area contributed by atoms with E-state index in [4.69, 9.17) is 0 Å². The maximum absolute atomic E-state index is 12.1. The number of aliphatic hydroxyl groups excluding tert-OH is 3. The first kappa shape index (κ1) is 19.5. The maximum Gasteiger partial charge on any atom is 0.348 e. The Morgan fingerprint density at radius 2 is 1.45 bits per heavy atom. The first-order chi connectivity index (χ1) is 9.09. The predicted octanol–water partition coefficient (Wildman–Crippen LogP) is -0.284. The first-order valence-electron chi connectivity index (χ1n) is 6.40. The summed E-state index contributed by atoms with van der Waals surface area (Å²) in [5, 5.41) is 26.4. The largest absolute Gasteiger partial charge is 0.435 e. The summed E-state index contributed by atoms with van der Waals surface area (Å²) in [5.41, 5.74) is 0. The molecule has 3 unspecified atom stereocenters. The minimum Gasteiger partial charge on any atom is -0.435 e. The van der Waals surface area contributed by atoms with Crippen LogP contribution >= 0.6 is 7.60 Å². The van der Waals surface area contributed by atoms with Crippen molar-refractivity contribution in [3.63, 3.8) is 0 Å². The molecule has 0 aromatic heterocycles. The molecule has 0 aromatic carbocycles. The highest BCUT2D eigenvalue weighted by atomic mass is 31.2. The number of rotatable bonds is 8. The van der Waals surface area contributed by atoms with Crippen molar-refractivity contribution in [2.24, 2.45) is 0 Å². The standard InChI is InChI=1S/C11H23O8P/c1-4-7(12)11(8(13)5-2,20(16,17)18)10(15)19-9(14)6-3/h7-9,12-14H,4-6H2,1-3H3,(H2,16,17,18). The fraction of sp³-hybridized carbons (Fsp3) is 0.909. The van der Waals surface area contributed by atoms with Crippen LogP contribution in [-0.4, -0.2) is 54.7 Å². The Labute approximate surface area is 117 Å². The van der Waals surface area contributed by atoms with E-state index in [0.717, 1.165) is 0 Å². The fourth-order valence-electron chi connectivity index (χ4n) is 1.93. The van der Waals surface area contributed by atoms with Gasteiger partial charge < -0.3 is 29.8 Å². The molecule has 0 radical (unpaired) electrons. The smallest absolute Gasteiger partial charge is 0.348 e. The lowest BCUT2D eigenvalue weighted by Crippen LogP contribution is -2.58. The lowest BCUT2D eigenvalue weighted by atomic mass is 9.91. The first-order valence-corrected chi connectivity index (χ1v) is 8.01. The van der Waals surface area contributed by atoms with Crippen molar-refractivity contribution in [3.8, 4) is 0 Å². The Morgan fingerprint density at radius 3 is 1.70 bits per heavy atom. The number of carbonyl (C=O) groups is 1. The summed E-state index contributed by atoms with van der Waals surface area (Å²) in [6, 6.07) is 0. The van der Waals surface area contributed by atoms with E-state index in [9.17, 15) is 34.5 Å². The van der Waals surface area contributed by atoms with Gasteiger partial charge in [0.15, 0.2) is 6.29 Å². The summed E-state index contributed by atoms with van der Waals surface area (Å²) in [7, 11) is -5.26. The summed E-state index contributed by atoms with van der Waals surface area (Å²) in [6.07, 6.45) is -5.54. The second kappa shape index (κ2) is 7.49. The van der Waals surface area contributed by atoms with Gasteiger partial charge in [-0.15, -0.1) is 0 Å². The van der Waals surface area contributed by atoms with E-state index in [1.54, 1.807) is 0 Å². The molecule has 0 heterocycles. The van der Waals surface area contributed by atoms with Gasteiger partial charge in [-0.25, -0.2) is 0 Å². The highest BCUT2D eigenvalue weighted by molar-refractivity contribution is 7.55. The van der Waals surface area contributed by atoms with Gasteiger partial charge in [0.25, 0.3) is 0 Å². The highest BCUT2D eigenvalue weighted by Crippen LogP contribution is 2.56. The highest BCUT2D eigenvalue weighted by Gasteiger charge is 2.64. The SMILES string of the molecule is CCC(O)OC(=O)C(C(O)CC)(C(O)CC)P(=O)(O)O. The molecule has 9 heteroatoms. The van der Waals surface area contributed by atoms with Crippen molar-refractivity contribution < 1.29 is 39.2 Å². The third kappa shape index (κ3) is 3.58. The summed E-state index contributed by atoms with van der Waals surface area (Å²) < 4.78 is 16.3. The molecule has 3 atom stereocenters. The van der Waals surface area contributed by atoms with Crippen molar-refractivity contribution in [2.75, 3.05) is 0 Å². The van der Waals surface area contributed by atoms with Gasteiger partial charge in [0.2, 0.25) is 5.16 Å². The van der Waals surface area contributed by atoms with Crippen molar-refractivity contribution in [2.45, 2.75) is 63.7 Å². The average Bonchev–Trinajstić information content (AvgIpc) is 2.36. The van der Waals surface area contributed by atoms with Gasteiger partial charge in [-0.05, 0) is 12.8 Å². The van der Waals surface area contributed by atoms with Gasteiger partial charge in [-0.1, -0.05) is 20.8 Å². The average molecular weight is 314 g/mol. The van der Waals surface area contributed by atoms with Crippen LogP contribution in [-0.2, 0) is 14.1 Å². The second-order valence-electron chi connectivity index (χ2n) is 4.49. The number of aliphatic hydroxyl groups is 3. The Kier molecular flexibility index (Phi) is 7.30. The predicted molar refractivity (Wildman–Crippen MR) is 69.8 cm³/mol. The second-order valence-corrected chi connectivity index (χ2v) is 6.31. The molecule has 8 nitrogen and oxygen atoms in total. The van der Waals surface area contributed by atoms with Crippen LogP contribution in [0.25, 0.3) is 0 Å². The monoisotopic (exact) mass is 314 g/mol. The zero-order chi connectivity index (χ0) is 16.1. The third-order valence-corrected chi connectivity index (χ3v) is 4.93. The van der Waals surface area contributed by atoms with Crippen molar-refractivity contribution in [1.82, 2.24) is 0 Å². The van der Waals surface area contributed by atoms with Crippen LogP contribution in [0, 0.1) is 0 Å². The topological polar surface area (TPSA) is 145 Å². The molecule has 0 amide bonds. The lowest BCUT2D eigenvalue weighted by molar-refractivity contribution is -0.180. The minimum absolute atomic E-state index is 0.00736. The summed E-state index contributed by atoms with van der Waals surface area (Å²) in [6.45, 7) is 4.30. The molecule has 120 valence electrons. The molecular weight excluding hydrogens is 291 g/mol. The molecule has 20 heavy (non-hydrogen) atoms. The lowest BCUT2D eigenvalue weighted by Gasteiger charge is -2.39. The van der Waals surface area contributed by atoms with Crippen molar-refractivity contribution in [1.29, 1.82) is 0 Å². The van der Waals surface area contributed by atoms with E-state index in [1.807, 2.05) is 0 Å². The molecule has 0 saturated heterocycles. The third-order valence-electron chi connectivity index (χ3n) is 3.19. The van der Waals surface area contributed by atoms with Gasteiger partial charge in [-0.3, -0.25) is 9.36 Å². The molecule has 0 aliphatic heterocycles. The minimum atomic E-state index is -5.26. The van der Waals surface area contributed by atoms with E-state index in [2.05, 4.69) is 4.74 Å². The summed E-state index contributed by atoms with van der Waals surface area (Å²) >= 11 is 0. The maximum atomic E-state index is 12.1. The zero-order valence-corrected chi connectivity index (χ0v) is 12.7. The van der Waals surface area contributed by atoms with Crippen LogP contribution in [0.3, 0.4) is 0 Å². The molecule has 0 saturated carbocycles. The van der Waals surface area contributed by atoms with Crippen molar-refractivity contribution >= 4 is 13.6 Å². The van der Waals surface area contributed by atoms with Gasteiger partial charge in [0, 0.05) is 6.42 Å². The zero-order valence-electron chi connectivity index (χ0n) is 11.8. The molecule has 0 aliphatic carbocycles. The molecule has 0 aliphatic rings. The van der Waals surface area contributed by atoms with Crippen LogP contribution < -0.4 is 0 Å². The van der Waals surface area contributed by atoms with Crippen LogP contribution in [0.5, 0.6) is 0 Å². The van der Waals surface area contributed by atoms with Gasteiger partial charge in [0.05, 0.1) is 12.2 Å². The van der Waals surface area contributed by atoms with Crippen LogP contribution in [0.1, 0.15) is 40.0 Å². The van der Waals surface area contributed by atoms with E-state index in [1.165, 1.54) is 20.8 Å². The molecule has 0 aromatic rings. The Hall–Kier alpha value is -0.500. The summed E-state index contributed by atoms with van der Waals surface area (Å²) in [4.78, 5) is 31.1. The number of carbonyl (C=O) groups excluding carboxylic acids is 1. The Bertz CT molecular complexity index is 355. The molecular formula is C11H23O8P. The molecule has 0 rings (SSSR count). The van der Waals surface area contributed by atoms with Crippen LogP contribution in [0.2, 0.25) is 0 Å². The quantitative estimate of drug-likeness (QED) is 0.234. The van der Waals surface area contributed by atoms with Gasteiger partial charge >= 0.3 is 13.6 Å². The van der Waals surface area contributed by atoms with E-state index in [0.29, 0.717) is 0 Å². The van der Waals surface area contributed by atoms with Crippen LogP contribution in [0.4, 0.5) is 0 Å².